The number of non-ortho nitro benzene ring substituents is 1. The minimum absolute atomic E-state index is 0.0581. The van der Waals surface area contributed by atoms with Gasteiger partial charge in [0.1, 0.15) is 5.75 Å². The number of nitrogens with one attached hydrogen (secondary N) is 1. The number of nitro benzene ring substituents is 1. The van der Waals surface area contributed by atoms with Crippen LogP contribution in [-0.4, -0.2) is 11.5 Å². The van der Waals surface area contributed by atoms with Crippen molar-refractivity contribution in [3.8, 4) is 5.75 Å². The van der Waals surface area contributed by atoms with Crippen LogP contribution in [0, 0.1) is 16.0 Å². The fourth-order valence-electron chi connectivity index (χ4n) is 4.72. The number of anilines is 1. The van der Waals surface area contributed by atoms with E-state index in [0.29, 0.717) is 11.8 Å². The molecule has 2 aromatic carbocycles. The van der Waals surface area contributed by atoms with Gasteiger partial charge in [-0.05, 0) is 48.1 Å². The third kappa shape index (κ3) is 4.35. The van der Waals surface area contributed by atoms with Crippen LogP contribution in [0.4, 0.5) is 11.4 Å². The molecule has 5 heteroatoms. The lowest BCUT2D eigenvalue weighted by Crippen LogP contribution is -2.29. The molecule has 2 aromatic rings. The first-order chi connectivity index (χ1) is 14.7. The Morgan fingerprint density at radius 1 is 1.13 bits per heavy atom. The summed E-state index contributed by atoms with van der Waals surface area (Å²) < 4.78 is 6.03. The molecule has 0 saturated carbocycles. The number of allylic oxidation sites excluding steroid dienone is 2. The summed E-state index contributed by atoms with van der Waals surface area (Å²) in [4.78, 5) is 10.9. The minimum atomic E-state index is -0.323. The summed E-state index contributed by atoms with van der Waals surface area (Å²) >= 11 is 0. The predicted molar refractivity (Wildman–Crippen MR) is 120 cm³/mol. The van der Waals surface area contributed by atoms with Gasteiger partial charge < -0.3 is 10.1 Å². The Labute approximate surface area is 178 Å². The molecule has 0 saturated heterocycles. The molecule has 4 rings (SSSR count). The van der Waals surface area contributed by atoms with Crippen molar-refractivity contribution in [2.75, 3.05) is 11.9 Å². The first-order valence-corrected chi connectivity index (χ1v) is 11.1. The summed E-state index contributed by atoms with van der Waals surface area (Å²) in [6.07, 6.45) is 11.6. The fraction of sp³-hybridized carbons (Fsp3) is 0.440. The van der Waals surface area contributed by atoms with Gasteiger partial charge in [0.25, 0.3) is 5.69 Å². The zero-order valence-corrected chi connectivity index (χ0v) is 17.5. The third-order valence-corrected chi connectivity index (χ3v) is 6.29. The van der Waals surface area contributed by atoms with Gasteiger partial charge in [-0.25, -0.2) is 0 Å². The van der Waals surface area contributed by atoms with Crippen LogP contribution < -0.4 is 10.1 Å². The highest BCUT2D eigenvalue weighted by molar-refractivity contribution is 5.62. The van der Waals surface area contributed by atoms with Crippen molar-refractivity contribution >= 4 is 11.4 Å². The quantitative estimate of drug-likeness (QED) is 0.216. The van der Waals surface area contributed by atoms with E-state index in [0.717, 1.165) is 36.4 Å². The number of nitrogens with zero attached hydrogens (tertiary/aromatic N) is 1. The summed E-state index contributed by atoms with van der Waals surface area (Å²) in [6.45, 7) is 2.99. The summed E-state index contributed by atoms with van der Waals surface area (Å²) in [5.41, 5.74) is 3.47. The Hall–Kier alpha value is -2.82. The van der Waals surface area contributed by atoms with E-state index in [1.807, 2.05) is 12.1 Å². The summed E-state index contributed by atoms with van der Waals surface area (Å²) in [7, 11) is 0. The molecule has 0 bridgehead atoms. The maximum Gasteiger partial charge on any atom is 0.269 e. The molecule has 1 N–H and O–H groups in total. The molecule has 1 aliphatic carbocycles. The molecule has 0 fully saturated rings. The van der Waals surface area contributed by atoms with Crippen LogP contribution in [0.25, 0.3) is 0 Å². The molecule has 5 nitrogen and oxygen atoms in total. The van der Waals surface area contributed by atoms with E-state index < -0.39 is 0 Å². The van der Waals surface area contributed by atoms with E-state index in [2.05, 4.69) is 36.5 Å². The number of rotatable bonds is 9. The highest BCUT2D eigenvalue weighted by Crippen LogP contribution is 2.50. The molecule has 0 amide bonds. The standard InChI is InChI=1S/C25H30N2O3/c1-2-3-4-5-6-15-30-20-13-14-24-23(17-20)21-11-8-12-22(21)25(26-24)18-9-7-10-19(16-18)27(28)29/h7-11,13-14,16-17,21-22,25-26H,2-6,12,15H2,1H3. The molecule has 1 aliphatic heterocycles. The molecule has 0 aromatic heterocycles. The Morgan fingerprint density at radius 3 is 2.83 bits per heavy atom. The molecular formula is C25H30N2O3. The van der Waals surface area contributed by atoms with Gasteiger partial charge in [-0.3, -0.25) is 10.1 Å². The van der Waals surface area contributed by atoms with Crippen LogP contribution in [-0.2, 0) is 0 Å². The van der Waals surface area contributed by atoms with E-state index in [1.165, 1.54) is 31.2 Å². The van der Waals surface area contributed by atoms with E-state index in [1.54, 1.807) is 18.2 Å². The van der Waals surface area contributed by atoms with Crippen molar-refractivity contribution in [3.05, 3.63) is 75.9 Å². The fourth-order valence-corrected chi connectivity index (χ4v) is 4.72. The number of unbranched alkanes of at least 4 members (excludes halogenated alkanes) is 4. The lowest BCUT2D eigenvalue weighted by atomic mass is 9.77. The molecule has 158 valence electrons. The number of ether oxygens (including phenoxy) is 1. The van der Waals surface area contributed by atoms with E-state index in [4.69, 9.17) is 4.74 Å². The first kappa shape index (κ1) is 20.5. The first-order valence-electron chi connectivity index (χ1n) is 11.1. The number of fused-ring (bicyclic) bond motifs is 3. The summed E-state index contributed by atoms with van der Waals surface area (Å²) in [5.74, 6) is 1.58. The zero-order valence-electron chi connectivity index (χ0n) is 17.5. The van der Waals surface area contributed by atoms with Gasteiger partial charge in [-0.15, -0.1) is 0 Å². The lowest BCUT2D eigenvalue weighted by Gasteiger charge is -2.37. The number of nitro groups is 1. The maximum absolute atomic E-state index is 11.2. The van der Waals surface area contributed by atoms with Crippen molar-refractivity contribution in [2.45, 2.75) is 57.4 Å². The highest BCUT2D eigenvalue weighted by atomic mass is 16.6. The largest absolute Gasteiger partial charge is 0.494 e. The average molecular weight is 407 g/mol. The van der Waals surface area contributed by atoms with Gasteiger partial charge in [-0.1, -0.05) is 56.9 Å². The smallest absolute Gasteiger partial charge is 0.269 e. The van der Waals surface area contributed by atoms with Crippen LogP contribution in [0.15, 0.2) is 54.6 Å². The summed E-state index contributed by atoms with van der Waals surface area (Å²) in [6, 6.07) is 13.4. The van der Waals surface area contributed by atoms with E-state index in [9.17, 15) is 10.1 Å². The topological polar surface area (TPSA) is 64.4 Å². The normalized spacial score (nSPS) is 21.6. The third-order valence-electron chi connectivity index (χ3n) is 6.29. The Bertz CT molecular complexity index is 924. The SMILES string of the molecule is CCCCCCCOc1ccc2c(c1)C1C=CCC1C(c1cccc([N+](=O)[O-])c1)N2. The van der Waals surface area contributed by atoms with Crippen LogP contribution in [0.5, 0.6) is 5.75 Å². The van der Waals surface area contributed by atoms with Gasteiger partial charge in [0.2, 0.25) is 0 Å². The van der Waals surface area contributed by atoms with Gasteiger partial charge in [0.05, 0.1) is 17.6 Å². The van der Waals surface area contributed by atoms with Crippen LogP contribution in [0.3, 0.4) is 0 Å². The van der Waals surface area contributed by atoms with E-state index in [-0.39, 0.29) is 16.7 Å². The van der Waals surface area contributed by atoms with Crippen molar-refractivity contribution in [1.29, 1.82) is 0 Å². The van der Waals surface area contributed by atoms with Gasteiger partial charge >= 0.3 is 0 Å². The molecule has 1 heterocycles. The molecule has 0 spiro atoms. The minimum Gasteiger partial charge on any atom is -0.494 e. The predicted octanol–water partition coefficient (Wildman–Crippen LogP) is 6.77. The molecule has 0 radical (unpaired) electrons. The van der Waals surface area contributed by atoms with Crippen molar-refractivity contribution < 1.29 is 9.66 Å². The second-order valence-electron chi connectivity index (χ2n) is 8.34. The molecule has 3 atom stereocenters. The monoisotopic (exact) mass is 406 g/mol. The average Bonchev–Trinajstić information content (AvgIpc) is 3.26. The Balaban J connectivity index is 1.49. The van der Waals surface area contributed by atoms with Gasteiger partial charge in [0, 0.05) is 23.7 Å². The van der Waals surface area contributed by atoms with Gasteiger partial charge in [0.15, 0.2) is 0 Å². The molecular weight excluding hydrogens is 376 g/mol. The van der Waals surface area contributed by atoms with E-state index >= 15 is 0 Å². The Morgan fingerprint density at radius 2 is 2.00 bits per heavy atom. The van der Waals surface area contributed by atoms with Gasteiger partial charge in [-0.2, -0.15) is 0 Å². The van der Waals surface area contributed by atoms with Crippen molar-refractivity contribution in [2.24, 2.45) is 5.92 Å². The second kappa shape index (κ2) is 9.33. The number of hydrogen-bond donors (Lipinski definition) is 1. The van der Waals surface area contributed by atoms with Crippen LogP contribution in [0.1, 0.15) is 68.5 Å². The van der Waals surface area contributed by atoms with Crippen molar-refractivity contribution in [3.63, 3.8) is 0 Å². The van der Waals surface area contributed by atoms with Crippen molar-refractivity contribution in [1.82, 2.24) is 0 Å². The molecule has 3 unspecified atom stereocenters. The second-order valence-corrected chi connectivity index (χ2v) is 8.34. The number of hydrogen-bond acceptors (Lipinski definition) is 4. The molecule has 2 aliphatic rings. The van der Waals surface area contributed by atoms with Crippen LogP contribution in [0.2, 0.25) is 0 Å². The highest BCUT2D eigenvalue weighted by Gasteiger charge is 2.38. The summed E-state index contributed by atoms with van der Waals surface area (Å²) in [5, 5.41) is 14.9. The zero-order chi connectivity index (χ0) is 20.9. The lowest BCUT2D eigenvalue weighted by molar-refractivity contribution is -0.384. The maximum atomic E-state index is 11.2. The molecule has 30 heavy (non-hydrogen) atoms. The Kier molecular flexibility index (Phi) is 6.36. The van der Waals surface area contributed by atoms with Crippen LogP contribution >= 0.6 is 0 Å². The number of benzene rings is 2.